The lowest BCUT2D eigenvalue weighted by molar-refractivity contribution is 0.0951. The van der Waals surface area contributed by atoms with Crippen molar-refractivity contribution < 1.29 is 4.79 Å². The molecule has 0 aliphatic rings. The van der Waals surface area contributed by atoms with E-state index in [1.807, 2.05) is 24.3 Å². The lowest BCUT2D eigenvalue weighted by Crippen LogP contribution is -2.25. The van der Waals surface area contributed by atoms with Crippen LogP contribution >= 0.6 is 15.9 Å². The number of anilines is 2. The SMILES string of the molecule is CC(C)CCNC(=O)c1cnc(Nc2cccc(Br)c2)nc1. The second-order valence-corrected chi connectivity index (χ2v) is 6.28. The smallest absolute Gasteiger partial charge is 0.254 e. The number of halogens is 1. The third-order valence-corrected chi connectivity index (χ3v) is 3.50. The molecule has 22 heavy (non-hydrogen) atoms. The Hall–Kier alpha value is -1.95. The summed E-state index contributed by atoms with van der Waals surface area (Å²) in [5.41, 5.74) is 1.34. The van der Waals surface area contributed by atoms with Gasteiger partial charge in [-0.15, -0.1) is 0 Å². The molecular weight excluding hydrogens is 344 g/mol. The van der Waals surface area contributed by atoms with Crippen LogP contribution in [0.15, 0.2) is 41.1 Å². The molecule has 6 heteroatoms. The summed E-state index contributed by atoms with van der Waals surface area (Å²) >= 11 is 3.41. The summed E-state index contributed by atoms with van der Waals surface area (Å²) < 4.78 is 0.971. The quantitative estimate of drug-likeness (QED) is 0.820. The molecule has 0 saturated carbocycles. The van der Waals surface area contributed by atoms with Gasteiger partial charge in [-0.1, -0.05) is 35.8 Å². The van der Waals surface area contributed by atoms with E-state index in [2.05, 4.69) is 50.4 Å². The van der Waals surface area contributed by atoms with Gasteiger partial charge in [0, 0.05) is 29.1 Å². The summed E-state index contributed by atoms with van der Waals surface area (Å²) in [5.74, 6) is 0.875. The largest absolute Gasteiger partial charge is 0.352 e. The zero-order valence-electron chi connectivity index (χ0n) is 12.6. The van der Waals surface area contributed by atoms with Crippen molar-refractivity contribution in [2.45, 2.75) is 20.3 Å². The number of amides is 1. The molecule has 0 radical (unpaired) electrons. The van der Waals surface area contributed by atoms with Crippen molar-refractivity contribution >= 4 is 33.5 Å². The van der Waals surface area contributed by atoms with Gasteiger partial charge in [0.2, 0.25) is 5.95 Å². The maximum Gasteiger partial charge on any atom is 0.254 e. The molecule has 0 atom stereocenters. The molecule has 0 spiro atoms. The number of benzene rings is 1. The third kappa shape index (κ3) is 5.11. The van der Waals surface area contributed by atoms with Crippen LogP contribution in [-0.4, -0.2) is 22.4 Å². The molecular formula is C16H19BrN4O. The Labute approximate surface area is 138 Å². The summed E-state index contributed by atoms with van der Waals surface area (Å²) in [7, 11) is 0. The topological polar surface area (TPSA) is 66.9 Å². The summed E-state index contributed by atoms with van der Waals surface area (Å²) in [6.07, 6.45) is 4.01. The van der Waals surface area contributed by atoms with E-state index in [1.54, 1.807) is 0 Å². The van der Waals surface area contributed by atoms with Crippen LogP contribution in [0.3, 0.4) is 0 Å². The summed E-state index contributed by atoms with van der Waals surface area (Å²) in [6.45, 7) is 4.91. The molecule has 5 nitrogen and oxygen atoms in total. The molecule has 2 aromatic rings. The first-order valence-electron chi connectivity index (χ1n) is 7.17. The van der Waals surface area contributed by atoms with Crippen LogP contribution in [0.1, 0.15) is 30.6 Å². The summed E-state index contributed by atoms with van der Waals surface area (Å²) in [4.78, 5) is 20.3. The first-order chi connectivity index (χ1) is 10.5. The monoisotopic (exact) mass is 362 g/mol. The number of carbonyl (C=O) groups is 1. The first-order valence-corrected chi connectivity index (χ1v) is 7.96. The Balaban J connectivity index is 1.93. The van der Waals surface area contributed by atoms with E-state index in [4.69, 9.17) is 0 Å². The minimum atomic E-state index is -0.144. The molecule has 2 rings (SSSR count). The van der Waals surface area contributed by atoms with E-state index >= 15 is 0 Å². The molecule has 1 aromatic heterocycles. The maximum absolute atomic E-state index is 11.9. The zero-order valence-corrected chi connectivity index (χ0v) is 14.2. The molecule has 0 fully saturated rings. The average Bonchev–Trinajstić information content (AvgIpc) is 2.47. The highest BCUT2D eigenvalue weighted by atomic mass is 79.9. The van der Waals surface area contributed by atoms with Crippen molar-refractivity contribution in [1.29, 1.82) is 0 Å². The van der Waals surface area contributed by atoms with Gasteiger partial charge in [0.15, 0.2) is 0 Å². The predicted octanol–water partition coefficient (Wildman–Crippen LogP) is 3.76. The van der Waals surface area contributed by atoms with Crippen LogP contribution in [0.25, 0.3) is 0 Å². The summed E-state index contributed by atoms with van der Waals surface area (Å²) in [5, 5.41) is 5.95. The van der Waals surface area contributed by atoms with Crippen LogP contribution in [0, 0.1) is 5.92 Å². The van der Waals surface area contributed by atoms with Crippen LogP contribution in [0.4, 0.5) is 11.6 Å². The van der Waals surface area contributed by atoms with Crippen molar-refractivity contribution in [2.75, 3.05) is 11.9 Å². The van der Waals surface area contributed by atoms with Crippen LogP contribution in [0.5, 0.6) is 0 Å². The molecule has 1 aromatic carbocycles. The molecule has 0 unspecified atom stereocenters. The Kier molecular flexibility index (Phi) is 5.89. The molecule has 1 amide bonds. The van der Waals surface area contributed by atoms with E-state index < -0.39 is 0 Å². The summed E-state index contributed by atoms with van der Waals surface area (Å²) in [6, 6.07) is 7.70. The first kappa shape index (κ1) is 16.4. The highest BCUT2D eigenvalue weighted by Gasteiger charge is 2.07. The number of hydrogen-bond acceptors (Lipinski definition) is 4. The van der Waals surface area contributed by atoms with Gasteiger partial charge in [0.05, 0.1) is 5.56 Å². The molecule has 2 N–H and O–H groups in total. The van der Waals surface area contributed by atoms with E-state index in [0.29, 0.717) is 24.0 Å². The van der Waals surface area contributed by atoms with Crippen LogP contribution in [-0.2, 0) is 0 Å². The minimum absolute atomic E-state index is 0.144. The van der Waals surface area contributed by atoms with Gasteiger partial charge >= 0.3 is 0 Å². The second kappa shape index (κ2) is 7.89. The second-order valence-electron chi connectivity index (χ2n) is 5.37. The Bertz CT molecular complexity index is 628. The number of carbonyl (C=O) groups excluding carboxylic acids is 1. The third-order valence-electron chi connectivity index (χ3n) is 3.00. The van der Waals surface area contributed by atoms with Gasteiger partial charge in [-0.2, -0.15) is 0 Å². The number of aromatic nitrogens is 2. The standard InChI is InChI=1S/C16H19BrN4O/c1-11(2)6-7-18-15(22)12-9-19-16(20-10-12)21-14-5-3-4-13(17)8-14/h3-5,8-11H,6-7H2,1-2H3,(H,18,22)(H,19,20,21). The van der Waals surface area contributed by atoms with E-state index in [-0.39, 0.29) is 5.91 Å². The molecule has 0 bridgehead atoms. The zero-order chi connectivity index (χ0) is 15.9. The van der Waals surface area contributed by atoms with Gasteiger partial charge in [0.25, 0.3) is 5.91 Å². The number of hydrogen-bond donors (Lipinski definition) is 2. The molecule has 0 aliphatic carbocycles. The normalized spacial score (nSPS) is 10.5. The minimum Gasteiger partial charge on any atom is -0.352 e. The van der Waals surface area contributed by atoms with E-state index in [9.17, 15) is 4.79 Å². The lowest BCUT2D eigenvalue weighted by Gasteiger charge is -2.08. The number of nitrogens with one attached hydrogen (secondary N) is 2. The fraction of sp³-hybridized carbons (Fsp3) is 0.312. The highest BCUT2D eigenvalue weighted by molar-refractivity contribution is 9.10. The predicted molar refractivity (Wildman–Crippen MR) is 91.2 cm³/mol. The highest BCUT2D eigenvalue weighted by Crippen LogP contribution is 2.18. The van der Waals surface area contributed by atoms with Gasteiger partial charge in [0.1, 0.15) is 0 Å². The van der Waals surface area contributed by atoms with Crippen LogP contribution < -0.4 is 10.6 Å². The van der Waals surface area contributed by atoms with Crippen molar-refractivity contribution in [2.24, 2.45) is 5.92 Å². The van der Waals surface area contributed by atoms with Gasteiger partial charge < -0.3 is 10.6 Å². The molecule has 116 valence electrons. The lowest BCUT2D eigenvalue weighted by atomic mass is 10.1. The van der Waals surface area contributed by atoms with Crippen LogP contribution in [0.2, 0.25) is 0 Å². The number of rotatable bonds is 6. The Morgan fingerprint density at radius 3 is 2.64 bits per heavy atom. The van der Waals surface area contributed by atoms with Crippen molar-refractivity contribution in [1.82, 2.24) is 15.3 Å². The molecule has 0 aliphatic heterocycles. The van der Waals surface area contributed by atoms with Crippen molar-refractivity contribution in [3.05, 3.63) is 46.7 Å². The van der Waals surface area contributed by atoms with Gasteiger partial charge in [-0.05, 0) is 30.5 Å². The average molecular weight is 363 g/mol. The molecule has 1 heterocycles. The van der Waals surface area contributed by atoms with E-state index in [1.165, 1.54) is 12.4 Å². The van der Waals surface area contributed by atoms with Crippen molar-refractivity contribution in [3.8, 4) is 0 Å². The van der Waals surface area contributed by atoms with Crippen molar-refractivity contribution in [3.63, 3.8) is 0 Å². The maximum atomic E-state index is 11.9. The Morgan fingerprint density at radius 1 is 1.27 bits per heavy atom. The van der Waals surface area contributed by atoms with E-state index in [0.717, 1.165) is 16.6 Å². The van der Waals surface area contributed by atoms with Gasteiger partial charge in [-0.25, -0.2) is 9.97 Å². The van der Waals surface area contributed by atoms with Gasteiger partial charge in [-0.3, -0.25) is 4.79 Å². The fourth-order valence-corrected chi connectivity index (χ4v) is 2.18. The fourth-order valence-electron chi connectivity index (χ4n) is 1.78. The number of nitrogens with zero attached hydrogens (tertiary/aromatic N) is 2. The molecule has 0 saturated heterocycles. The Morgan fingerprint density at radius 2 is 2.00 bits per heavy atom.